The molecule has 1 aliphatic heterocycles. The largest absolute Gasteiger partial charge is 0.339 e. The third-order valence-corrected chi connectivity index (χ3v) is 5.96. The van der Waals surface area contributed by atoms with Gasteiger partial charge < -0.3 is 9.42 Å². The molecule has 6 heteroatoms. The Balaban J connectivity index is 1.33. The van der Waals surface area contributed by atoms with E-state index in [-0.39, 0.29) is 17.6 Å². The number of Topliss-reactive ketones (excluding diaryl/α,β-unsaturated/α-hetero) is 1. The van der Waals surface area contributed by atoms with Crippen LogP contribution in [0.4, 0.5) is 0 Å². The fourth-order valence-corrected chi connectivity index (χ4v) is 4.29. The lowest BCUT2D eigenvalue weighted by molar-refractivity contribution is -0.130. The molecule has 2 aliphatic rings. The predicted molar refractivity (Wildman–Crippen MR) is 104 cm³/mol. The summed E-state index contributed by atoms with van der Waals surface area (Å²) < 4.78 is 5.36. The van der Waals surface area contributed by atoms with Crippen LogP contribution in [0.1, 0.15) is 78.5 Å². The SMILES string of the molecule is Cc1ccc(C(=O)CCc2nc([C@H]3CC(=O)N(C4CCCCC4)C3)no2)cc1. The Morgan fingerprint density at radius 2 is 1.93 bits per heavy atom. The van der Waals surface area contributed by atoms with Crippen LogP contribution in [-0.4, -0.2) is 39.3 Å². The quantitative estimate of drug-likeness (QED) is 0.711. The molecular weight excluding hydrogens is 354 g/mol. The first-order chi connectivity index (χ1) is 13.6. The van der Waals surface area contributed by atoms with Crippen LogP contribution in [0.25, 0.3) is 0 Å². The number of carbonyl (C=O) groups excluding carboxylic acids is 2. The monoisotopic (exact) mass is 381 g/mol. The number of likely N-dealkylation sites (tertiary alicyclic amines) is 1. The van der Waals surface area contributed by atoms with E-state index in [1.807, 2.05) is 36.1 Å². The highest BCUT2D eigenvalue weighted by molar-refractivity contribution is 5.96. The molecular formula is C22H27N3O3. The van der Waals surface area contributed by atoms with Gasteiger partial charge in [0, 0.05) is 43.3 Å². The van der Waals surface area contributed by atoms with Crippen molar-refractivity contribution in [3.8, 4) is 0 Å². The van der Waals surface area contributed by atoms with Crippen molar-refractivity contribution in [2.75, 3.05) is 6.54 Å². The van der Waals surface area contributed by atoms with Gasteiger partial charge in [0.2, 0.25) is 11.8 Å². The molecule has 148 valence electrons. The van der Waals surface area contributed by atoms with E-state index < -0.39 is 0 Å². The molecule has 0 N–H and O–H groups in total. The first kappa shape index (κ1) is 18.8. The van der Waals surface area contributed by atoms with Gasteiger partial charge in [-0.25, -0.2) is 0 Å². The second kappa shape index (κ2) is 8.25. The molecule has 1 aliphatic carbocycles. The molecule has 1 aromatic heterocycles. The summed E-state index contributed by atoms with van der Waals surface area (Å²) >= 11 is 0. The zero-order valence-electron chi connectivity index (χ0n) is 16.4. The molecule has 6 nitrogen and oxygen atoms in total. The summed E-state index contributed by atoms with van der Waals surface area (Å²) in [6, 6.07) is 7.95. The van der Waals surface area contributed by atoms with Crippen molar-refractivity contribution in [3.05, 3.63) is 47.1 Å². The van der Waals surface area contributed by atoms with E-state index >= 15 is 0 Å². The number of nitrogens with zero attached hydrogens (tertiary/aromatic N) is 3. The lowest BCUT2D eigenvalue weighted by atomic mass is 9.94. The van der Waals surface area contributed by atoms with Gasteiger partial charge in [-0.3, -0.25) is 9.59 Å². The molecule has 28 heavy (non-hydrogen) atoms. The molecule has 2 fully saturated rings. The molecule has 1 amide bonds. The minimum absolute atomic E-state index is 0.000253. The van der Waals surface area contributed by atoms with E-state index in [4.69, 9.17) is 4.52 Å². The number of aromatic nitrogens is 2. The summed E-state index contributed by atoms with van der Waals surface area (Å²) in [7, 11) is 0. The van der Waals surface area contributed by atoms with Crippen LogP contribution >= 0.6 is 0 Å². The van der Waals surface area contributed by atoms with E-state index in [0.29, 0.717) is 49.1 Å². The smallest absolute Gasteiger partial charge is 0.227 e. The van der Waals surface area contributed by atoms with Gasteiger partial charge in [0.25, 0.3) is 0 Å². The zero-order chi connectivity index (χ0) is 19.5. The zero-order valence-corrected chi connectivity index (χ0v) is 16.4. The Labute approximate surface area is 165 Å². The maximum absolute atomic E-state index is 12.5. The maximum Gasteiger partial charge on any atom is 0.227 e. The summed E-state index contributed by atoms with van der Waals surface area (Å²) in [6.45, 7) is 2.68. The van der Waals surface area contributed by atoms with E-state index in [2.05, 4.69) is 10.1 Å². The van der Waals surface area contributed by atoms with Gasteiger partial charge in [-0.05, 0) is 19.8 Å². The average molecular weight is 381 g/mol. The number of ketones is 1. The Kier molecular flexibility index (Phi) is 5.55. The summed E-state index contributed by atoms with van der Waals surface area (Å²) in [4.78, 5) is 31.3. The Morgan fingerprint density at radius 1 is 1.18 bits per heavy atom. The molecule has 0 radical (unpaired) electrons. The van der Waals surface area contributed by atoms with Gasteiger partial charge in [0.05, 0.1) is 0 Å². The van der Waals surface area contributed by atoms with Crippen LogP contribution in [0.3, 0.4) is 0 Å². The summed E-state index contributed by atoms with van der Waals surface area (Å²) in [5.74, 6) is 1.35. The van der Waals surface area contributed by atoms with Gasteiger partial charge in [-0.15, -0.1) is 0 Å². The van der Waals surface area contributed by atoms with Crippen LogP contribution in [-0.2, 0) is 11.2 Å². The van der Waals surface area contributed by atoms with Gasteiger partial charge in [0.15, 0.2) is 11.6 Å². The van der Waals surface area contributed by atoms with E-state index in [0.717, 1.165) is 18.4 Å². The third kappa shape index (κ3) is 4.16. The molecule has 0 spiro atoms. The summed E-state index contributed by atoms with van der Waals surface area (Å²) in [5, 5.41) is 4.10. The minimum Gasteiger partial charge on any atom is -0.339 e. The molecule has 2 aromatic rings. The van der Waals surface area contributed by atoms with Gasteiger partial charge in [0.1, 0.15) is 0 Å². The number of carbonyl (C=O) groups is 2. The van der Waals surface area contributed by atoms with E-state index in [1.165, 1.54) is 19.3 Å². The van der Waals surface area contributed by atoms with Crippen LogP contribution < -0.4 is 0 Å². The lowest BCUT2D eigenvalue weighted by Gasteiger charge is -2.31. The Morgan fingerprint density at radius 3 is 2.68 bits per heavy atom. The second-order valence-electron chi connectivity index (χ2n) is 8.07. The second-order valence-corrected chi connectivity index (χ2v) is 8.07. The number of rotatable bonds is 6. The van der Waals surface area contributed by atoms with Crippen molar-refractivity contribution in [3.63, 3.8) is 0 Å². The first-order valence-electron chi connectivity index (χ1n) is 10.3. The standard InChI is InChI=1S/C22H27N3O3/c1-15-7-9-16(10-8-15)19(26)11-12-20-23-22(24-28-20)17-13-21(27)25(14-17)18-5-3-2-4-6-18/h7-10,17-18H,2-6,11-14H2,1H3/t17-/m0/s1. The lowest BCUT2D eigenvalue weighted by Crippen LogP contribution is -2.37. The Hall–Kier alpha value is -2.50. The number of hydrogen-bond acceptors (Lipinski definition) is 5. The fourth-order valence-electron chi connectivity index (χ4n) is 4.29. The number of aryl methyl sites for hydroxylation is 2. The van der Waals surface area contributed by atoms with Crippen LogP contribution in [0.2, 0.25) is 0 Å². The number of amides is 1. The minimum atomic E-state index is -0.000253. The fraction of sp³-hybridized carbons (Fsp3) is 0.545. The normalized spacial score (nSPS) is 20.7. The van der Waals surface area contributed by atoms with Crippen molar-refractivity contribution in [2.45, 2.75) is 70.3 Å². The molecule has 0 unspecified atom stereocenters. The van der Waals surface area contributed by atoms with Gasteiger partial charge in [-0.1, -0.05) is 54.2 Å². The van der Waals surface area contributed by atoms with Crippen molar-refractivity contribution in [1.82, 2.24) is 15.0 Å². The van der Waals surface area contributed by atoms with Crippen molar-refractivity contribution in [2.24, 2.45) is 0 Å². The maximum atomic E-state index is 12.5. The molecule has 1 aromatic carbocycles. The van der Waals surface area contributed by atoms with Crippen LogP contribution in [0, 0.1) is 6.92 Å². The average Bonchev–Trinajstić information content (AvgIpc) is 3.34. The van der Waals surface area contributed by atoms with Gasteiger partial charge in [-0.2, -0.15) is 4.98 Å². The van der Waals surface area contributed by atoms with Gasteiger partial charge >= 0.3 is 0 Å². The molecule has 1 saturated carbocycles. The third-order valence-electron chi connectivity index (χ3n) is 5.96. The first-order valence-corrected chi connectivity index (χ1v) is 10.3. The predicted octanol–water partition coefficient (Wildman–Crippen LogP) is 3.84. The summed E-state index contributed by atoms with van der Waals surface area (Å²) in [5.41, 5.74) is 1.83. The van der Waals surface area contributed by atoms with Crippen molar-refractivity contribution in [1.29, 1.82) is 0 Å². The van der Waals surface area contributed by atoms with Crippen molar-refractivity contribution < 1.29 is 14.1 Å². The molecule has 1 saturated heterocycles. The highest BCUT2D eigenvalue weighted by Gasteiger charge is 2.37. The highest BCUT2D eigenvalue weighted by atomic mass is 16.5. The highest BCUT2D eigenvalue weighted by Crippen LogP contribution is 2.32. The Bertz CT molecular complexity index is 837. The molecule has 4 rings (SSSR count). The van der Waals surface area contributed by atoms with E-state index in [9.17, 15) is 9.59 Å². The topological polar surface area (TPSA) is 76.3 Å². The van der Waals surface area contributed by atoms with Crippen LogP contribution in [0.15, 0.2) is 28.8 Å². The molecule has 2 heterocycles. The van der Waals surface area contributed by atoms with E-state index in [1.54, 1.807) is 0 Å². The summed E-state index contributed by atoms with van der Waals surface area (Å²) in [6.07, 6.45) is 7.12. The van der Waals surface area contributed by atoms with Crippen LogP contribution in [0.5, 0.6) is 0 Å². The van der Waals surface area contributed by atoms with Crippen molar-refractivity contribution >= 4 is 11.7 Å². The molecule has 1 atom stereocenters. The number of benzene rings is 1. The number of hydrogen-bond donors (Lipinski definition) is 0. The molecule has 0 bridgehead atoms.